The van der Waals surface area contributed by atoms with Crippen LogP contribution in [0, 0.1) is 18.3 Å². The minimum absolute atomic E-state index is 0.344. The molecule has 21 heavy (non-hydrogen) atoms. The molecule has 0 radical (unpaired) electrons. The first kappa shape index (κ1) is 15.9. The molecule has 0 aliphatic heterocycles. The van der Waals surface area contributed by atoms with Crippen LogP contribution in [0.5, 0.6) is 0 Å². The predicted molar refractivity (Wildman–Crippen MR) is 88.5 cm³/mol. The maximum absolute atomic E-state index is 9.63. The average molecular weight is 285 g/mol. The van der Waals surface area contributed by atoms with E-state index < -0.39 is 0 Å². The SMILES string of the molecule is CCN(c1ccccc1C)C1CCC(C#N)(NC(C)C)C1. The van der Waals surface area contributed by atoms with Crippen molar-refractivity contribution in [2.45, 2.75) is 64.6 Å². The minimum atomic E-state index is -0.352. The molecule has 0 aromatic heterocycles. The third kappa shape index (κ3) is 3.39. The molecule has 0 saturated heterocycles. The van der Waals surface area contributed by atoms with Gasteiger partial charge in [-0.2, -0.15) is 5.26 Å². The van der Waals surface area contributed by atoms with Crippen LogP contribution in [-0.4, -0.2) is 24.2 Å². The molecule has 1 aromatic rings. The summed E-state index contributed by atoms with van der Waals surface area (Å²) in [5.41, 5.74) is 2.27. The number of anilines is 1. The van der Waals surface area contributed by atoms with Crippen LogP contribution in [0.25, 0.3) is 0 Å². The number of benzene rings is 1. The van der Waals surface area contributed by atoms with Crippen molar-refractivity contribution in [1.82, 2.24) is 5.32 Å². The topological polar surface area (TPSA) is 39.1 Å². The summed E-state index contributed by atoms with van der Waals surface area (Å²) in [6.07, 6.45) is 2.92. The fraction of sp³-hybridized carbons (Fsp3) is 0.611. The third-order valence-electron chi connectivity index (χ3n) is 4.47. The fourth-order valence-electron chi connectivity index (χ4n) is 3.61. The highest BCUT2D eigenvalue weighted by molar-refractivity contribution is 5.54. The van der Waals surface area contributed by atoms with E-state index >= 15 is 0 Å². The minimum Gasteiger partial charge on any atom is -0.369 e. The van der Waals surface area contributed by atoms with Crippen molar-refractivity contribution in [1.29, 1.82) is 5.26 Å². The van der Waals surface area contributed by atoms with Crippen LogP contribution in [0.2, 0.25) is 0 Å². The Hall–Kier alpha value is -1.53. The van der Waals surface area contributed by atoms with Crippen molar-refractivity contribution in [3.05, 3.63) is 29.8 Å². The summed E-state index contributed by atoms with van der Waals surface area (Å²) >= 11 is 0. The normalized spacial score (nSPS) is 25.0. The first-order valence-corrected chi connectivity index (χ1v) is 8.02. The lowest BCUT2D eigenvalue weighted by atomic mass is 9.98. The Labute approximate surface area is 129 Å². The number of nitrogens with zero attached hydrogens (tertiary/aromatic N) is 2. The maximum Gasteiger partial charge on any atom is 0.109 e. The second kappa shape index (κ2) is 6.49. The van der Waals surface area contributed by atoms with Crippen molar-refractivity contribution in [2.24, 2.45) is 0 Å². The lowest BCUT2D eigenvalue weighted by Crippen LogP contribution is -2.47. The van der Waals surface area contributed by atoms with E-state index in [9.17, 15) is 5.26 Å². The average Bonchev–Trinajstić information content (AvgIpc) is 2.85. The second-order valence-electron chi connectivity index (χ2n) is 6.46. The first-order chi connectivity index (χ1) is 10.0. The molecular formula is C18H27N3. The Kier molecular flexibility index (Phi) is 4.90. The second-order valence-corrected chi connectivity index (χ2v) is 6.46. The van der Waals surface area contributed by atoms with E-state index in [-0.39, 0.29) is 5.54 Å². The number of para-hydroxylation sites is 1. The monoisotopic (exact) mass is 285 g/mol. The van der Waals surface area contributed by atoms with Gasteiger partial charge >= 0.3 is 0 Å². The molecule has 0 bridgehead atoms. The number of nitriles is 1. The van der Waals surface area contributed by atoms with Gasteiger partial charge in [0.05, 0.1) is 6.07 Å². The van der Waals surface area contributed by atoms with Gasteiger partial charge in [0.15, 0.2) is 0 Å². The smallest absolute Gasteiger partial charge is 0.109 e. The molecule has 3 heteroatoms. The Morgan fingerprint density at radius 2 is 2.14 bits per heavy atom. The van der Waals surface area contributed by atoms with Gasteiger partial charge in [-0.05, 0) is 58.6 Å². The highest BCUT2D eigenvalue weighted by Crippen LogP contribution is 2.36. The molecule has 114 valence electrons. The standard InChI is InChI=1S/C18H27N3/c1-5-21(17-9-7-6-8-15(17)4)16-10-11-18(12-16,13-19)20-14(2)3/h6-9,14,16,20H,5,10-12H2,1-4H3. The first-order valence-electron chi connectivity index (χ1n) is 8.02. The predicted octanol–water partition coefficient (Wildman–Crippen LogP) is 3.63. The Morgan fingerprint density at radius 1 is 1.43 bits per heavy atom. The van der Waals surface area contributed by atoms with Crippen LogP contribution in [0.15, 0.2) is 24.3 Å². The van der Waals surface area contributed by atoms with Gasteiger partial charge in [-0.25, -0.2) is 0 Å². The van der Waals surface area contributed by atoms with Crippen LogP contribution in [0.4, 0.5) is 5.69 Å². The van der Waals surface area contributed by atoms with E-state index in [1.165, 1.54) is 11.3 Å². The molecule has 1 fully saturated rings. The zero-order valence-corrected chi connectivity index (χ0v) is 13.7. The number of aryl methyl sites for hydroxylation is 1. The van der Waals surface area contributed by atoms with Gasteiger partial charge < -0.3 is 4.90 Å². The third-order valence-corrected chi connectivity index (χ3v) is 4.47. The zero-order chi connectivity index (χ0) is 15.5. The van der Waals surface area contributed by atoms with Gasteiger partial charge in [-0.15, -0.1) is 0 Å². The van der Waals surface area contributed by atoms with Crippen LogP contribution in [0.1, 0.15) is 45.6 Å². The molecule has 2 rings (SSSR count). The summed E-state index contributed by atoms with van der Waals surface area (Å²) < 4.78 is 0. The van der Waals surface area contributed by atoms with Gasteiger partial charge in [0.2, 0.25) is 0 Å². The zero-order valence-electron chi connectivity index (χ0n) is 13.7. The molecule has 1 N–H and O–H groups in total. The van der Waals surface area contributed by atoms with Crippen molar-refractivity contribution in [3.63, 3.8) is 0 Å². The fourth-order valence-corrected chi connectivity index (χ4v) is 3.61. The summed E-state index contributed by atoms with van der Waals surface area (Å²) in [5, 5.41) is 13.1. The summed E-state index contributed by atoms with van der Waals surface area (Å²) in [4.78, 5) is 2.47. The van der Waals surface area contributed by atoms with E-state index in [2.05, 4.69) is 68.2 Å². The molecule has 1 aliphatic rings. The molecule has 1 saturated carbocycles. The molecular weight excluding hydrogens is 258 g/mol. The molecule has 1 aromatic carbocycles. The molecule has 0 amide bonds. The van der Waals surface area contributed by atoms with Gasteiger partial charge in [-0.3, -0.25) is 5.32 Å². The molecule has 0 heterocycles. The van der Waals surface area contributed by atoms with Gasteiger partial charge in [0, 0.05) is 24.3 Å². The van der Waals surface area contributed by atoms with E-state index in [4.69, 9.17) is 0 Å². The van der Waals surface area contributed by atoms with E-state index in [0.717, 1.165) is 25.8 Å². The quantitative estimate of drug-likeness (QED) is 0.898. The number of hydrogen-bond acceptors (Lipinski definition) is 3. The maximum atomic E-state index is 9.63. The van der Waals surface area contributed by atoms with Crippen LogP contribution < -0.4 is 10.2 Å². The molecule has 2 atom stereocenters. The van der Waals surface area contributed by atoms with Crippen molar-refractivity contribution in [2.75, 3.05) is 11.4 Å². The van der Waals surface area contributed by atoms with E-state index in [1.807, 2.05) is 0 Å². The molecule has 3 nitrogen and oxygen atoms in total. The van der Waals surface area contributed by atoms with Gasteiger partial charge in [0.1, 0.15) is 5.54 Å². The summed E-state index contributed by atoms with van der Waals surface area (Å²) in [7, 11) is 0. The molecule has 2 unspecified atom stereocenters. The molecule has 0 spiro atoms. The largest absolute Gasteiger partial charge is 0.369 e. The highest BCUT2D eigenvalue weighted by Gasteiger charge is 2.41. The number of hydrogen-bond donors (Lipinski definition) is 1. The van der Waals surface area contributed by atoms with Gasteiger partial charge in [0.25, 0.3) is 0 Å². The summed E-state index contributed by atoms with van der Waals surface area (Å²) in [5.74, 6) is 0. The van der Waals surface area contributed by atoms with Gasteiger partial charge in [-0.1, -0.05) is 18.2 Å². The Morgan fingerprint density at radius 3 is 2.71 bits per heavy atom. The van der Waals surface area contributed by atoms with E-state index in [0.29, 0.717) is 12.1 Å². The van der Waals surface area contributed by atoms with Crippen molar-refractivity contribution in [3.8, 4) is 6.07 Å². The van der Waals surface area contributed by atoms with Crippen LogP contribution in [-0.2, 0) is 0 Å². The number of rotatable bonds is 5. The van der Waals surface area contributed by atoms with Crippen molar-refractivity contribution >= 4 is 5.69 Å². The molecule has 1 aliphatic carbocycles. The van der Waals surface area contributed by atoms with Crippen LogP contribution >= 0.6 is 0 Å². The Bertz CT molecular complexity index is 517. The van der Waals surface area contributed by atoms with Crippen LogP contribution in [0.3, 0.4) is 0 Å². The lowest BCUT2D eigenvalue weighted by molar-refractivity contribution is 0.379. The highest BCUT2D eigenvalue weighted by atomic mass is 15.2. The number of nitrogens with one attached hydrogen (secondary N) is 1. The van der Waals surface area contributed by atoms with E-state index in [1.54, 1.807) is 0 Å². The van der Waals surface area contributed by atoms with Crippen molar-refractivity contribution < 1.29 is 0 Å². The Balaban J connectivity index is 2.19. The lowest BCUT2D eigenvalue weighted by Gasteiger charge is -2.33. The summed E-state index contributed by atoms with van der Waals surface area (Å²) in [6, 6.07) is 11.9. The summed E-state index contributed by atoms with van der Waals surface area (Å²) in [6.45, 7) is 9.58.